The van der Waals surface area contributed by atoms with Crippen LogP contribution in [0.15, 0.2) is 81.3 Å². The Morgan fingerprint density at radius 2 is 1.89 bits per heavy atom. The highest BCUT2D eigenvalue weighted by molar-refractivity contribution is 8.03. The van der Waals surface area contributed by atoms with Crippen LogP contribution in [0, 0.1) is 5.82 Å². The molecule has 35 heavy (non-hydrogen) atoms. The first-order valence-corrected chi connectivity index (χ1v) is 11.4. The Morgan fingerprint density at radius 1 is 1.11 bits per heavy atom. The van der Waals surface area contributed by atoms with E-state index in [4.69, 9.17) is 25.5 Å². The normalized spacial score (nSPS) is 11.3. The van der Waals surface area contributed by atoms with Crippen molar-refractivity contribution in [1.29, 1.82) is 0 Å². The van der Waals surface area contributed by atoms with E-state index in [0.29, 0.717) is 33.2 Å². The zero-order chi connectivity index (χ0) is 24.8. The third kappa shape index (κ3) is 6.00. The fraction of sp³-hybridized carbons (Fsp3) is 0.0800. The smallest absolute Gasteiger partial charge is 0.342 e. The fourth-order valence-corrected chi connectivity index (χ4v) is 3.92. The topological polar surface area (TPSA) is 94.7 Å². The van der Waals surface area contributed by atoms with Crippen molar-refractivity contribution in [2.75, 3.05) is 7.11 Å². The van der Waals surface area contributed by atoms with Crippen LogP contribution in [0.2, 0.25) is 5.02 Å². The maximum Gasteiger partial charge on any atom is 0.342 e. The van der Waals surface area contributed by atoms with E-state index in [-0.39, 0.29) is 28.4 Å². The van der Waals surface area contributed by atoms with Gasteiger partial charge in [-0.25, -0.2) is 9.18 Å². The molecule has 1 N–H and O–H groups in total. The minimum atomic E-state index is -1.20. The van der Waals surface area contributed by atoms with Gasteiger partial charge in [0.1, 0.15) is 28.8 Å². The number of thioether (sulfide) groups is 1. The van der Waals surface area contributed by atoms with Crippen molar-refractivity contribution in [3.8, 4) is 23.0 Å². The lowest BCUT2D eigenvalue weighted by Crippen LogP contribution is -2.01. The van der Waals surface area contributed by atoms with Gasteiger partial charge in [0.15, 0.2) is 0 Å². The predicted molar refractivity (Wildman–Crippen MR) is 130 cm³/mol. The molecule has 10 heteroatoms. The number of rotatable bonds is 9. The molecule has 0 aliphatic heterocycles. The molecule has 1 aromatic heterocycles. The van der Waals surface area contributed by atoms with E-state index in [2.05, 4.69) is 10.2 Å². The number of methoxy groups -OCH3 is 1. The van der Waals surface area contributed by atoms with Crippen molar-refractivity contribution < 1.29 is 28.2 Å². The van der Waals surface area contributed by atoms with Crippen LogP contribution in [0.5, 0.6) is 11.5 Å². The Morgan fingerprint density at radius 3 is 2.66 bits per heavy atom. The van der Waals surface area contributed by atoms with Gasteiger partial charge in [-0.2, -0.15) is 0 Å². The third-order valence-electron chi connectivity index (χ3n) is 4.75. The molecular formula is C25H18ClFN2O5S. The van der Waals surface area contributed by atoms with Gasteiger partial charge < -0.3 is 19.0 Å². The number of nitrogens with zero attached hydrogens (tertiary/aromatic N) is 2. The maximum absolute atomic E-state index is 13.9. The Bertz CT molecular complexity index is 1390. The second kappa shape index (κ2) is 11.1. The lowest BCUT2D eigenvalue weighted by atomic mass is 10.2. The zero-order valence-electron chi connectivity index (χ0n) is 18.3. The molecule has 0 radical (unpaired) electrons. The number of aliphatic carboxylic acids is 1. The Labute approximate surface area is 209 Å². The Balaban J connectivity index is 1.57. The SMILES string of the molecule is COc1ccc(Cl)cc1-c1nnc(S/C(=C\c2ccccc2OCc2ccccc2F)C(=O)O)o1. The molecule has 0 spiro atoms. The summed E-state index contributed by atoms with van der Waals surface area (Å²) < 4.78 is 30.7. The zero-order valence-corrected chi connectivity index (χ0v) is 19.8. The van der Waals surface area contributed by atoms with E-state index >= 15 is 0 Å². The second-order valence-electron chi connectivity index (χ2n) is 7.05. The van der Waals surface area contributed by atoms with Crippen LogP contribution in [0.1, 0.15) is 11.1 Å². The number of halogens is 2. The van der Waals surface area contributed by atoms with Crippen molar-refractivity contribution in [3.05, 3.63) is 93.6 Å². The lowest BCUT2D eigenvalue weighted by Gasteiger charge is -2.10. The molecule has 0 fully saturated rings. The van der Waals surface area contributed by atoms with Crippen LogP contribution in [-0.4, -0.2) is 28.4 Å². The van der Waals surface area contributed by atoms with Crippen LogP contribution in [0.3, 0.4) is 0 Å². The molecule has 1 heterocycles. The molecular weight excluding hydrogens is 495 g/mol. The molecule has 178 valence electrons. The number of aromatic nitrogens is 2. The highest BCUT2D eigenvalue weighted by Crippen LogP contribution is 2.35. The van der Waals surface area contributed by atoms with Crippen LogP contribution < -0.4 is 9.47 Å². The molecule has 0 aliphatic rings. The van der Waals surface area contributed by atoms with Gasteiger partial charge in [0, 0.05) is 16.1 Å². The molecule has 0 aliphatic carbocycles. The molecule has 4 aromatic rings. The minimum Gasteiger partial charge on any atom is -0.496 e. The summed E-state index contributed by atoms with van der Waals surface area (Å²) in [4.78, 5) is 11.9. The summed E-state index contributed by atoms with van der Waals surface area (Å²) in [6.45, 7) is -0.0123. The summed E-state index contributed by atoms with van der Waals surface area (Å²) >= 11 is 6.85. The molecule has 0 saturated carbocycles. The van der Waals surface area contributed by atoms with Gasteiger partial charge in [-0.05, 0) is 48.2 Å². The largest absolute Gasteiger partial charge is 0.496 e. The van der Waals surface area contributed by atoms with Crippen molar-refractivity contribution >= 4 is 35.4 Å². The summed E-state index contributed by atoms with van der Waals surface area (Å²) in [5, 5.41) is 18.2. The number of benzene rings is 3. The van der Waals surface area contributed by atoms with Crippen LogP contribution in [-0.2, 0) is 11.4 Å². The Kier molecular flexibility index (Phi) is 7.69. The standard InChI is InChI=1S/C25H18ClFN2O5S/c1-32-21-11-10-17(26)13-18(21)23-28-29-25(34-23)35-22(24(30)31)12-15-6-3-5-9-20(15)33-14-16-7-2-4-8-19(16)27/h2-13H,14H2,1H3,(H,30,31)/b22-12-. The molecule has 0 bridgehead atoms. The monoisotopic (exact) mass is 512 g/mol. The van der Waals surface area contributed by atoms with Gasteiger partial charge in [-0.1, -0.05) is 48.0 Å². The van der Waals surface area contributed by atoms with Gasteiger partial charge in [-0.15, -0.1) is 10.2 Å². The highest BCUT2D eigenvalue weighted by Gasteiger charge is 2.19. The molecule has 4 rings (SSSR count). The average Bonchev–Trinajstić information content (AvgIpc) is 3.32. The molecule has 0 saturated heterocycles. The molecule has 0 atom stereocenters. The van der Waals surface area contributed by atoms with E-state index in [1.165, 1.54) is 19.3 Å². The van der Waals surface area contributed by atoms with E-state index < -0.39 is 5.97 Å². The number of carbonyl (C=O) groups is 1. The minimum absolute atomic E-state index is 0.0123. The molecule has 3 aromatic carbocycles. The molecule has 7 nitrogen and oxygen atoms in total. The fourth-order valence-electron chi connectivity index (χ4n) is 3.08. The second-order valence-corrected chi connectivity index (χ2v) is 8.48. The molecule has 0 amide bonds. The van der Waals surface area contributed by atoms with Crippen molar-refractivity contribution in [2.45, 2.75) is 11.8 Å². The summed E-state index contributed by atoms with van der Waals surface area (Å²) in [6, 6.07) is 18.1. The third-order valence-corrected chi connectivity index (χ3v) is 5.84. The van der Waals surface area contributed by atoms with E-state index in [1.54, 1.807) is 60.7 Å². The summed E-state index contributed by atoms with van der Waals surface area (Å²) in [5.74, 6) is -0.579. The number of carboxylic acid groups (broad SMARTS) is 1. The number of ether oxygens (including phenoxy) is 2. The van der Waals surface area contributed by atoms with Gasteiger partial charge in [0.2, 0.25) is 0 Å². The first-order chi connectivity index (χ1) is 16.9. The predicted octanol–water partition coefficient (Wildman–Crippen LogP) is 6.33. The Hall–Kier alpha value is -3.82. The lowest BCUT2D eigenvalue weighted by molar-refractivity contribution is -0.131. The van der Waals surface area contributed by atoms with Gasteiger partial charge in [0.05, 0.1) is 12.7 Å². The van der Waals surface area contributed by atoms with Gasteiger partial charge in [-0.3, -0.25) is 0 Å². The number of para-hydroxylation sites is 1. The van der Waals surface area contributed by atoms with Crippen molar-refractivity contribution in [2.24, 2.45) is 0 Å². The van der Waals surface area contributed by atoms with E-state index in [0.717, 1.165) is 11.8 Å². The number of hydrogen-bond donors (Lipinski definition) is 1. The van der Waals surface area contributed by atoms with Crippen molar-refractivity contribution in [1.82, 2.24) is 10.2 Å². The van der Waals surface area contributed by atoms with Crippen LogP contribution in [0.4, 0.5) is 4.39 Å². The first-order valence-electron chi connectivity index (χ1n) is 10.2. The summed E-state index contributed by atoms with van der Waals surface area (Å²) in [6.07, 6.45) is 1.42. The van der Waals surface area contributed by atoms with Crippen LogP contribution >= 0.6 is 23.4 Å². The summed E-state index contributed by atoms with van der Waals surface area (Å²) in [5.41, 5.74) is 1.35. The van der Waals surface area contributed by atoms with E-state index in [1.807, 2.05) is 0 Å². The van der Waals surface area contributed by atoms with E-state index in [9.17, 15) is 14.3 Å². The van der Waals surface area contributed by atoms with Crippen molar-refractivity contribution in [3.63, 3.8) is 0 Å². The first kappa shape index (κ1) is 24.3. The number of hydrogen-bond acceptors (Lipinski definition) is 7. The quantitative estimate of drug-likeness (QED) is 0.205. The number of carboxylic acids is 1. The van der Waals surface area contributed by atoms with Crippen LogP contribution in [0.25, 0.3) is 17.5 Å². The van der Waals surface area contributed by atoms with Gasteiger partial charge >= 0.3 is 5.97 Å². The average molecular weight is 513 g/mol. The molecule has 0 unspecified atom stereocenters. The van der Waals surface area contributed by atoms with Gasteiger partial charge in [0.25, 0.3) is 11.1 Å². The highest BCUT2D eigenvalue weighted by atomic mass is 35.5. The maximum atomic E-state index is 13.9. The summed E-state index contributed by atoms with van der Waals surface area (Å²) in [7, 11) is 1.50.